The first-order valence-electron chi connectivity index (χ1n) is 7.49. The molecule has 1 saturated heterocycles. The Bertz CT molecular complexity index is 619. The van der Waals surface area contributed by atoms with E-state index in [0.717, 1.165) is 53.2 Å². The van der Waals surface area contributed by atoms with Crippen LogP contribution in [0.15, 0.2) is 16.9 Å². The highest BCUT2D eigenvalue weighted by Gasteiger charge is 2.18. The third-order valence-electron chi connectivity index (χ3n) is 3.87. The van der Waals surface area contributed by atoms with Crippen molar-refractivity contribution >= 4 is 23.4 Å². The number of thioether (sulfide) groups is 1. The van der Waals surface area contributed by atoms with Gasteiger partial charge in [0.15, 0.2) is 0 Å². The van der Waals surface area contributed by atoms with Gasteiger partial charge in [0.05, 0.1) is 11.7 Å². The Morgan fingerprint density at radius 1 is 1.27 bits per heavy atom. The summed E-state index contributed by atoms with van der Waals surface area (Å²) in [6.45, 7) is 8.07. The van der Waals surface area contributed by atoms with Crippen LogP contribution in [-0.2, 0) is 0 Å². The van der Waals surface area contributed by atoms with Crippen LogP contribution < -0.4 is 10.2 Å². The second-order valence-electron chi connectivity index (χ2n) is 5.46. The molecule has 0 bridgehead atoms. The van der Waals surface area contributed by atoms with E-state index in [-0.39, 0.29) is 6.04 Å². The molecule has 2 aromatic rings. The lowest BCUT2D eigenvalue weighted by Gasteiger charge is -2.27. The second-order valence-corrected chi connectivity index (χ2v) is 6.69. The molecular formula is C15H21N5OS. The van der Waals surface area contributed by atoms with Gasteiger partial charge in [-0.3, -0.25) is 0 Å². The predicted octanol–water partition coefficient (Wildman–Crippen LogP) is 2.81. The fourth-order valence-electron chi connectivity index (χ4n) is 2.79. The van der Waals surface area contributed by atoms with Crippen molar-refractivity contribution in [2.45, 2.75) is 26.8 Å². The van der Waals surface area contributed by atoms with Gasteiger partial charge in [0.2, 0.25) is 0 Å². The van der Waals surface area contributed by atoms with Crippen molar-refractivity contribution in [3.63, 3.8) is 0 Å². The fraction of sp³-hybridized carbons (Fsp3) is 0.533. The van der Waals surface area contributed by atoms with Gasteiger partial charge >= 0.3 is 0 Å². The Labute approximate surface area is 134 Å². The number of hydrogen-bond acceptors (Lipinski definition) is 7. The summed E-state index contributed by atoms with van der Waals surface area (Å²) in [5.41, 5.74) is 2.01. The van der Waals surface area contributed by atoms with Crippen molar-refractivity contribution in [3.8, 4) is 0 Å². The monoisotopic (exact) mass is 319 g/mol. The summed E-state index contributed by atoms with van der Waals surface area (Å²) in [5, 5.41) is 7.43. The molecule has 22 heavy (non-hydrogen) atoms. The maximum atomic E-state index is 5.24. The van der Waals surface area contributed by atoms with Crippen LogP contribution in [0, 0.1) is 13.8 Å². The molecule has 3 rings (SSSR count). The lowest BCUT2D eigenvalue weighted by atomic mass is 10.1. The van der Waals surface area contributed by atoms with E-state index in [1.807, 2.05) is 31.7 Å². The Kier molecular flexibility index (Phi) is 4.52. The topological polar surface area (TPSA) is 67.1 Å². The van der Waals surface area contributed by atoms with E-state index in [4.69, 9.17) is 4.52 Å². The molecule has 1 aliphatic heterocycles. The molecule has 1 N–H and O–H groups in total. The van der Waals surface area contributed by atoms with Crippen LogP contribution in [0.25, 0.3) is 0 Å². The van der Waals surface area contributed by atoms with Crippen molar-refractivity contribution < 1.29 is 4.52 Å². The zero-order valence-electron chi connectivity index (χ0n) is 13.2. The SMILES string of the molecule is Cc1noc(C)c1C(C)Nc1cc(N2CCSCC2)ncn1. The summed E-state index contributed by atoms with van der Waals surface area (Å²) in [6.07, 6.45) is 1.62. The van der Waals surface area contributed by atoms with Crippen molar-refractivity contribution in [3.05, 3.63) is 29.4 Å². The van der Waals surface area contributed by atoms with Gasteiger partial charge in [0.25, 0.3) is 0 Å². The maximum Gasteiger partial charge on any atom is 0.139 e. The summed E-state index contributed by atoms with van der Waals surface area (Å²) in [4.78, 5) is 11.1. The largest absolute Gasteiger partial charge is 0.363 e. The van der Waals surface area contributed by atoms with Gasteiger partial charge < -0.3 is 14.7 Å². The van der Waals surface area contributed by atoms with Gasteiger partial charge in [-0.15, -0.1) is 0 Å². The number of nitrogens with one attached hydrogen (secondary N) is 1. The minimum atomic E-state index is 0.0888. The molecule has 0 spiro atoms. The van der Waals surface area contributed by atoms with Crippen LogP contribution in [0.4, 0.5) is 11.6 Å². The fourth-order valence-corrected chi connectivity index (χ4v) is 3.70. The molecule has 0 radical (unpaired) electrons. The zero-order valence-corrected chi connectivity index (χ0v) is 14.0. The van der Waals surface area contributed by atoms with Crippen LogP contribution in [0.1, 0.15) is 30.0 Å². The molecule has 118 valence electrons. The molecule has 6 nitrogen and oxygen atoms in total. The van der Waals surface area contributed by atoms with Gasteiger partial charge in [-0.05, 0) is 20.8 Å². The molecule has 1 fully saturated rings. The highest BCUT2D eigenvalue weighted by atomic mass is 32.2. The number of aromatic nitrogens is 3. The Hall–Kier alpha value is -1.76. The summed E-state index contributed by atoms with van der Waals surface area (Å²) >= 11 is 1.99. The molecular weight excluding hydrogens is 298 g/mol. The minimum Gasteiger partial charge on any atom is -0.363 e. The summed E-state index contributed by atoms with van der Waals surface area (Å²) in [6, 6.07) is 2.11. The minimum absolute atomic E-state index is 0.0888. The zero-order chi connectivity index (χ0) is 15.5. The summed E-state index contributed by atoms with van der Waals surface area (Å²) < 4.78 is 5.24. The van der Waals surface area contributed by atoms with E-state index in [2.05, 4.69) is 32.3 Å². The molecule has 1 aliphatic rings. The highest BCUT2D eigenvalue weighted by Crippen LogP contribution is 2.25. The summed E-state index contributed by atoms with van der Waals surface area (Å²) in [5.74, 6) is 4.98. The Morgan fingerprint density at radius 3 is 2.73 bits per heavy atom. The van der Waals surface area contributed by atoms with E-state index < -0.39 is 0 Å². The smallest absolute Gasteiger partial charge is 0.139 e. The number of rotatable bonds is 4. The lowest BCUT2D eigenvalue weighted by Crippen LogP contribution is -2.33. The first-order chi connectivity index (χ1) is 10.6. The molecule has 0 amide bonds. The van der Waals surface area contributed by atoms with Gasteiger partial charge in [-0.1, -0.05) is 5.16 Å². The lowest BCUT2D eigenvalue weighted by molar-refractivity contribution is 0.392. The second kappa shape index (κ2) is 6.56. The van der Waals surface area contributed by atoms with Gasteiger partial charge in [0, 0.05) is 36.2 Å². The third kappa shape index (κ3) is 3.19. The van der Waals surface area contributed by atoms with Crippen LogP contribution in [0.5, 0.6) is 0 Å². The van der Waals surface area contributed by atoms with E-state index in [9.17, 15) is 0 Å². The molecule has 0 aliphatic carbocycles. The maximum absolute atomic E-state index is 5.24. The van der Waals surface area contributed by atoms with Gasteiger partial charge in [-0.2, -0.15) is 11.8 Å². The first-order valence-corrected chi connectivity index (χ1v) is 8.64. The Morgan fingerprint density at radius 2 is 2.05 bits per heavy atom. The van der Waals surface area contributed by atoms with E-state index in [0.29, 0.717) is 0 Å². The predicted molar refractivity (Wildman–Crippen MR) is 89.6 cm³/mol. The normalized spacial score (nSPS) is 16.6. The molecule has 7 heteroatoms. The van der Waals surface area contributed by atoms with Crippen molar-refractivity contribution in [2.24, 2.45) is 0 Å². The molecule has 0 aromatic carbocycles. The third-order valence-corrected chi connectivity index (χ3v) is 4.82. The summed E-state index contributed by atoms with van der Waals surface area (Å²) in [7, 11) is 0. The molecule has 1 atom stereocenters. The van der Waals surface area contributed by atoms with Crippen LogP contribution in [0.3, 0.4) is 0 Å². The average Bonchev–Trinajstić information content (AvgIpc) is 2.87. The quantitative estimate of drug-likeness (QED) is 0.929. The molecule has 0 saturated carbocycles. The average molecular weight is 319 g/mol. The first kappa shape index (κ1) is 15.1. The van der Waals surface area contributed by atoms with Gasteiger partial charge in [0.1, 0.15) is 23.7 Å². The van der Waals surface area contributed by atoms with Crippen LogP contribution >= 0.6 is 11.8 Å². The number of aryl methyl sites for hydroxylation is 2. The van der Waals surface area contributed by atoms with E-state index >= 15 is 0 Å². The van der Waals surface area contributed by atoms with Crippen molar-refractivity contribution in [1.82, 2.24) is 15.1 Å². The molecule has 3 heterocycles. The standard InChI is InChI=1S/C15H21N5OS/c1-10(15-11(2)19-21-12(15)3)18-13-8-14(17-9-16-13)20-4-6-22-7-5-20/h8-10H,4-7H2,1-3H3,(H,16,17,18). The number of nitrogens with zero attached hydrogens (tertiary/aromatic N) is 4. The highest BCUT2D eigenvalue weighted by molar-refractivity contribution is 7.99. The Balaban J connectivity index is 1.75. The van der Waals surface area contributed by atoms with Crippen molar-refractivity contribution in [1.29, 1.82) is 0 Å². The van der Waals surface area contributed by atoms with Gasteiger partial charge in [-0.25, -0.2) is 9.97 Å². The van der Waals surface area contributed by atoms with E-state index in [1.54, 1.807) is 6.33 Å². The number of hydrogen-bond donors (Lipinski definition) is 1. The number of anilines is 2. The van der Waals surface area contributed by atoms with Crippen LogP contribution in [-0.4, -0.2) is 39.7 Å². The molecule has 2 aromatic heterocycles. The van der Waals surface area contributed by atoms with E-state index in [1.165, 1.54) is 0 Å². The van der Waals surface area contributed by atoms with Crippen molar-refractivity contribution in [2.75, 3.05) is 34.8 Å². The van der Waals surface area contributed by atoms with Crippen LogP contribution in [0.2, 0.25) is 0 Å². The molecule has 1 unspecified atom stereocenters.